The Bertz CT molecular complexity index is 630. The van der Waals surface area contributed by atoms with Crippen molar-refractivity contribution < 1.29 is 4.79 Å². The van der Waals surface area contributed by atoms with Crippen molar-refractivity contribution in [2.24, 2.45) is 0 Å². The minimum atomic E-state index is -0.357. The lowest BCUT2D eigenvalue weighted by Crippen LogP contribution is -1.99. The molecule has 0 spiro atoms. The smallest absolute Gasteiger partial charge is 0.157 e. The number of hydrogen-bond donors (Lipinski definition) is 0. The van der Waals surface area contributed by atoms with Gasteiger partial charge in [0.05, 0.1) is 5.38 Å². The van der Waals surface area contributed by atoms with Crippen molar-refractivity contribution in [3.8, 4) is 0 Å². The molecular formula is C17H13Cl3O. The van der Waals surface area contributed by atoms with Crippen LogP contribution >= 0.6 is 34.8 Å². The predicted molar refractivity (Wildman–Crippen MR) is 90.2 cm³/mol. The topological polar surface area (TPSA) is 17.1 Å². The highest BCUT2D eigenvalue weighted by molar-refractivity contribution is 6.31. The fourth-order valence-electron chi connectivity index (χ4n) is 1.80. The lowest BCUT2D eigenvalue weighted by Gasteiger charge is -2.07. The largest absolute Gasteiger partial charge is 0.295 e. The van der Waals surface area contributed by atoms with E-state index in [0.29, 0.717) is 10.0 Å². The van der Waals surface area contributed by atoms with E-state index in [1.165, 1.54) is 6.08 Å². The summed E-state index contributed by atoms with van der Waals surface area (Å²) in [5.74, 6) is -0.0279. The van der Waals surface area contributed by atoms with Gasteiger partial charge in [0.1, 0.15) is 0 Å². The number of carbonyl (C=O) groups is 1. The fraction of sp³-hybridized carbons (Fsp3) is 0.118. The first-order valence-corrected chi connectivity index (χ1v) is 7.60. The van der Waals surface area contributed by atoms with E-state index < -0.39 is 0 Å². The summed E-state index contributed by atoms with van der Waals surface area (Å²) in [5, 5.41) is 0.961. The molecule has 0 aliphatic rings. The molecule has 2 aromatic rings. The van der Waals surface area contributed by atoms with Crippen LogP contribution in [0.15, 0.2) is 54.6 Å². The third kappa shape index (κ3) is 5.20. The molecule has 0 fully saturated rings. The zero-order valence-corrected chi connectivity index (χ0v) is 13.4. The van der Waals surface area contributed by atoms with Gasteiger partial charge in [-0.25, -0.2) is 0 Å². The standard InChI is InChI=1S/C17H13Cl3O/c18-14-6-1-12(2-7-14)3-10-16(21)11-17(20)13-4-8-15(19)9-5-13/h1-10,17H,11H2/b10-3-/t17-/m1/s1. The summed E-state index contributed by atoms with van der Waals surface area (Å²) in [6.45, 7) is 0. The highest BCUT2D eigenvalue weighted by Gasteiger charge is 2.11. The van der Waals surface area contributed by atoms with Crippen LogP contribution in [0.25, 0.3) is 6.08 Å². The van der Waals surface area contributed by atoms with Gasteiger partial charge in [0.15, 0.2) is 5.78 Å². The first-order chi connectivity index (χ1) is 10.0. The van der Waals surface area contributed by atoms with Gasteiger partial charge in [-0.15, -0.1) is 11.6 Å². The SMILES string of the molecule is O=C(/C=C\c1ccc(Cl)cc1)C[C@@H](Cl)c1ccc(Cl)cc1. The van der Waals surface area contributed by atoms with Crippen molar-refractivity contribution in [1.82, 2.24) is 0 Å². The number of rotatable bonds is 5. The molecule has 0 aliphatic heterocycles. The minimum Gasteiger partial charge on any atom is -0.295 e. The van der Waals surface area contributed by atoms with E-state index in [2.05, 4.69) is 0 Å². The normalized spacial score (nSPS) is 12.5. The van der Waals surface area contributed by atoms with E-state index >= 15 is 0 Å². The molecule has 0 unspecified atom stereocenters. The summed E-state index contributed by atoms with van der Waals surface area (Å²) in [7, 11) is 0. The van der Waals surface area contributed by atoms with E-state index in [1.54, 1.807) is 30.3 Å². The van der Waals surface area contributed by atoms with Gasteiger partial charge in [0.2, 0.25) is 0 Å². The molecule has 1 atom stereocenters. The number of allylic oxidation sites excluding steroid dienone is 1. The molecule has 108 valence electrons. The zero-order chi connectivity index (χ0) is 15.2. The second kappa shape index (κ2) is 7.65. The van der Waals surface area contributed by atoms with Crippen molar-refractivity contribution in [3.05, 3.63) is 75.8 Å². The lowest BCUT2D eigenvalue weighted by atomic mass is 10.1. The van der Waals surface area contributed by atoms with Gasteiger partial charge in [0, 0.05) is 16.5 Å². The van der Waals surface area contributed by atoms with Crippen molar-refractivity contribution in [2.45, 2.75) is 11.8 Å². The molecular weight excluding hydrogens is 327 g/mol. The molecule has 4 heteroatoms. The summed E-state index contributed by atoms with van der Waals surface area (Å²) in [4.78, 5) is 11.9. The van der Waals surface area contributed by atoms with E-state index in [-0.39, 0.29) is 17.6 Å². The van der Waals surface area contributed by atoms with Crippen LogP contribution in [0.4, 0.5) is 0 Å². The third-order valence-corrected chi connectivity index (χ3v) is 3.85. The molecule has 2 aromatic carbocycles. The van der Waals surface area contributed by atoms with Crippen molar-refractivity contribution in [2.75, 3.05) is 0 Å². The lowest BCUT2D eigenvalue weighted by molar-refractivity contribution is -0.114. The highest BCUT2D eigenvalue weighted by atomic mass is 35.5. The first-order valence-electron chi connectivity index (χ1n) is 6.40. The molecule has 0 aliphatic carbocycles. The molecule has 0 amide bonds. The molecule has 0 saturated heterocycles. The van der Waals surface area contributed by atoms with E-state index in [9.17, 15) is 4.79 Å². The summed E-state index contributed by atoms with van der Waals surface area (Å²) >= 11 is 17.9. The number of halogens is 3. The van der Waals surface area contributed by atoms with E-state index in [4.69, 9.17) is 34.8 Å². The molecule has 0 radical (unpaired) electrons. The number of hydrogen-bond acceptors (Lipinski definition) is 1. The summed E-state index contributed by atoms with van der Waals surface area (Å²) < 4.78 is 0. The Morgan fingerprint density at radius 2 is 1.48 bits per heavy atom. The van der Waals surface area contributed by atoms with Gasteiger partial charge in [0.25, 0.3) is 0 Å². The van der Waals surface area contributed by atoms with Gasteiger partial charge in [-0.05, 0) is 41.5 Å². The molecule has 1 nitrogen and oxygen atoms in total. The number of carbonyl (C=O) groups excluding carboxylic acids is 1. The second-order valence-corrected chi connectivity index (χ2v) is 5.97. The second-order valence-electron chi connectivity index (χ2n) is 4.57. The van der Waals surface area contributed by atoms with Crippen molar-refractivity contribution >= 4 is 46.7 Å². The average Bonchev–Trinajstić information content (AvgIpc) is 2.47. The Balaban J connectivity index is 1.94. The molecule has 0 bridgehead atoms. The summed E-state index contributed by atoms with van der Waals surface area (Å²) in [6, 6.07) is 14.5. The van der Waals surface area contributed by atoms with Crippen LogP contribution in [-0.4, -0.2) is 5.78 Å². The molecule has 2 rings (SSSR count). The first kappa shape index (κ1) is 16.1. The average molecular weight is 340 g/mol. The Morgan fingerprint density at radius 1 is 0.952 bits per heavy atom. The highest BCUT2D eigenvalue weighted by Crippen LogP contribution is 2.26. The molecule has 0 saturated carbocycles. The summed E-state index contributed by atoms with van der Waals surface area (Å²) in [6.07, 6.45) is 3.53. The fourth-order valence-corrected chi connectivity index (χ4v) is 2.35. The Labute approximate surface area is 139 Å². The van der Waals surface area contributed by atoms with Crippen LogP contribution in [0.5, 0.6) is 0 Å². The zero-order valence-electron chi connectivity index (χ0n) is 11.1. The van der Waals surface area contributed by atoms with Gasteiger partial charge in [-0.1, -0.05) is 53.5 Å². The molecule has 0 N–H and O–H groups in total. The van der Waals surface area contributed by atoms with Crippen LogP contribution in [0.3, 0.4) is 0 Å². The van der Waals surface area contributed by atoms with Crippen LogP contribution in [-0.2, 0) is 4.79 Å². The molecule has 0 aromatic heterocycles. The Kier molecular flexibility index (Phi) is 5.86. The quantitative estimate of drug-likeness (QED) is 0.486. The third-order valence-electron chi connectivity index (χ3n) is 2.94. The molecule has 21 heavy (non-hydrogen) atoms. The molecule has 0 heterocycles. The maximum Gasteiger partial charge on any atom is 0.157 e. The maximum atomic E-state index is 11.9. The van der Waals surface area contributed by atoms with Gasteiger partial charge < -0.3 is 0 Å². The number of ketones is 1. The van der Waals surface area contributed by atoms with Crippen LogP contribution < -0.4 is 0 Å². The van der Waals surface area contributed by atoms with Crippen LogP contribution in [0.1, 0.15) is 22.9 Å². The van der Waals surface area contributed by atoms with Crippen LogP contribution in [0.2, 0.25) is 10.0 Å². The van der Waals surface area contributed by atoms with Crippen molar-refractivity contribution in [3.63, 3.8) is 0 Å². The van der Waals surface area contributed by atoms with Crippen LogP contribution in [0, 0.1) is 0 Å². The number of alkyl halides is 1. The van der Waals surface area contributed by atoms with Gasteiger partial charge >= 0.3 is 0 Å². The van der Waals surface area contributed by atoms with E-state index in [0.717, 1.165) is 11.1 Å². The van der Waals surface area contributed by atoms with Crippen molar-refractivity contribution in [1.29, 1.82) is 0 Å². The predicted octanol–water partition coefficient (Wildman–Crippen LogP) is 5.95. The maximum absolute atomic E-state index is 11.9. The minimum absolute atomic E-state index is 0.0279. The van der Waals surface area contributed by atoms with E-state index in [1.807, 2.05) is 24.3 Å². The summed E-state index contributed by atoms with van der Waals surface area (Å²) in [5.41, 5.74) is 1.81. The Hall–Kier alpha value is -1.28. The monoisotopic (exact) mass is 338 g/mol. The number of benzene rings is 2. The van der Waals surface area contributed by atoms with Gasteiger partial charge in [-0.2, -0.15) is 0 Å². The Morgan fingerprint density at radius 3 is 2.05 bits per heavy atom. The van der Waals surface area contributed by atoms with Gasteiger partial charge in [-0.3, -0.25) is 4.79 Å².